The zero-order chi connectivity index (χ0) is 13.0. The highest BCUT2D eigenvalue weighted by atomic mass is 35.5. The normalized spacial score (nSPS) is 9.56. The standard InChI is InChI=1S/C13H8ClN3O/c14-11-3-1-2-4-12(11)17-13(18)9-5-6-10(7-15)16-8-9/h1-6,8H,(H,17,18). The molecular formula is C13H8ClN3O. The number of aromatic nitrogens is 1. The Labute approximate surface area is 109 Å². The van der Waals surface area contributed by atoms with Gasteiger partial charge in [0.15, 0.2) is 0 Å². The second-order valence-electron chi connectivity index (χ2n) is 3.48. The van der Waals surface area contributed by atoms with Crippen LogP contribution in [0, 0.1) is 11.3 Å². The molecule has 1 heterocycles. The van der Waals surface area contributed by atoms with Crippen LogP contribution in [0.25, 0.3) is 0 Å². The lowest BCUT2D eigenvalue weighted by atomic mass is 10.2. The van der Waals surface area contributed by atoms with Gasteiger partial charge in [-0.1, -0.05) is 23.7 Å². The van der Waals surface area contributed by atoms with Gasteiger partial charge in [0.05, 0.1) is 16.3 Å². The Kier molecular flexibility index (Phi) is 3.56. The zero-order valence-corrected chi connectivity index (χ0v) is 9.98. The average Bonchev–Trinajstić information content (AvgIpc) is 2.41. The number of carbonyl (C=O) groups is 1. The molecule has 1 N–H and O–H groups in total. The van der Waals surface area contributed by atoms with E-state index in [9.17, 15) is 4.79 Å². The number of nitrogens with zero attached hydrogens (tertiary/aromatic N) is 2. The van der Waals surface area contributed by atoms with Crippen LogP contribution in [0.5, 0.6) is 0 Å². The molecule has 0 aliphatic heterocycles. The molecule has 2 rings (SSSR count). The largest absolute Gasteiger partial charge is 0.321 e. The predicted molar refractivity (Wildman–Crippen MR) is 68.4 cm³/mol. The third kappa shape index (κ3) is 2.65. The van der Waals surface area contributed by atoms with Crippen molar-refractivity contribution in [3.63, 3.8) is 0 Å². The maximum absolute atomic E-state index is 11.9. The second kappa shape index (κ2) is 5.30. The van der Waals surface area contributed by atoms with E-state index in [1.807, 2.05) is 6.07 Å². The highest BCUT2D eigenvalue weighted by Gasteiger charge is 2.08. The van der Waals surface area contributed by atoms with Crippen molar-refractivity contribution in [3.05, 3.63) is 58.9 Å². The Hall–Kier alpha value is -2.38. The molecule has 18 heavy (non-hydrogen) atoms. The summed E-state index contributed by atoms with van der Waals surface area (Å²) in [7, 11) is 0. The minimum absolute atomic E-state index is 0.268. The van der Waals surface area contributed by atoms with Gasteiger partial charge in [-0.05, 0) is 24.3 Å². The molecule has 0 aliphatic rings. The highest BCUT2D eigenvalue weighted by Crippen LogP contribution is 2.21. The number of para-hydroxylation sites is 1. The van der Waals surface area contributed by atoms with E-state index in [-0.39, 0.29) is 11.6 Å². The molecule has 1 aromatic carbocycles. The average molecular weight is 258 g/mol. The fourth-order valence-electron chi connectivity index (χ4n) is 1.35. The topological polar surface area (TPSA) is 65.8 Å². The molecule has 1 amide bonds. The van der Waals surface area contributed by atoms with E-state index in [2.05, 4.69) is 10.3 Å². The quantitative estimate of drug-likeness (QED) is 0.900. The van der Waals surface area contributed by atoms with E-state index in [4.69, 9.17) is 16.9 Å². The Morgan fingerprint density at radius 3 is 2.67 bits per heavy atom. The fraction of sp³-hybridized carbons (Fsp3) is 0. The van der Waals surface area contributed by atoms with Crippen molar-refractivity contribution in [2.75, 3.05) is 5.32 Å². The molecular weight excluding hydrogens is 250 g/mol. The van der Waals surface area contributed by atoms with Crippen LogP contribution in [-0.4, -0.2) is 10.9 Å². The van der Waals surface area contributed by atoms with Crippen LogP contribution in [-0.2, 0) is 0 Å². The lowest BCUT2D eigenvalue weighted by Gasteiger charge is -2.06. The van der Waals surface area contributed by atoms with Gasteiger partial charge in [0.2, 0.25) is 0 Å². The van der Waals surface area contributed by atoms with Crippen molar-refractivity contribution in [1.82, 2.24) is 4.98 Å². The third-order valence-electron chi connectivity index (χ3n) is 2.26. The first-order valence-electron chi connectivity index (χ1n) is 5.13. The van der Waals surface area contributed by atoms with Crippen molar-refractivity contribution in [2.45, 2.75) is 0 Å². The van der Waals surface area contributed by atoms with Crippen LogP contribution in [0.15, 0.2) is 42.6 Å². The van der Waals surface area contributed by atoms with Crippen LogP contribution in [0.1, 0.15) is 16.1 Å². The van der Waals surface area contributed by atoms with Crippen molar-refractivity contribution in [3.8, 4) is 6.07 Å². The predicted octanol–water partition coefficient (Wildman–Crippen LogP) is 2.86. The first-order chi connectivity index (χ1) is 8.70. The molecule has 0 radical (unpaired) electrons. The number of amides is 1. The van der Waals surface area contributed by atoms with Gasteiger partial charge in [-0.15, -0.1) is 0 Å². The minimum Gasteiger partial charge on any atom is -0.321 e. The van der Waals surface area contributed by atoms with E-state index in [1.54, 1.807) is 24.3 Å². The summed E-state index contributed by atoms with van der Waals surface area (Å²) in [5.41, 5.74) is 1.17. The minimum atomic E-state index is -0.319. The molecule has 0 saturated heterocycles. The van der Waals surface area contributed by atoms with Gasteiger partial charge < -0.3 is 5.32 Å². The van der Waals surface area contributed by atoms with Crippen molar-refractivity contribution in [2.24, 2.45) is 0 Å². The summed E-state index contributed by atoms with van der Waals surface area (Å²) >= 11 is 5.93. The summed E-state index contributed by atoms with van der Waals surface area (Å²) in [6.07, 6.45) is 1.35. The van der Waals surface area contributed by atoms with Crippen molar-refractivity contribution in [1.29, 1.82) is 5.26 Å². The molecule has 4 nitrogen and oxygen atoms in total. The molecule has 0 spiro atoms. The highest BCUT2D eigenvalue weighted by molar-refractivity contribution is 6.33. The van der Waals surface area contributed by atoms with E-state index in [0.717, 1.165) is 0 Å². The van der Waals surface area contributed by atoms with Crippen LogP contribution in [0.3, 0.4) is 0 Å². The number of hydrogen-bond acceptors (Lipinski definition) is 3. The Morgan fingerprint density at radius 2 is 2.06 bits per heavy atom. The number of pyridine rings is 1. The van der Waals surface area contributed by atoms with E-state index in [1.165, 1.54) is 18.3 Å². The number of anilines is 1. The summed E-state index contributed by atoms with van der Waals surface area (Å²) in [5.74, 6) is -0.319. The number of carbonyl (C=O) groups excluding carboxylic acids is 1. The molecule has 1 aromatic heterocycles. The summed E-state index contributed by atoms with van der Waals surface area (Å²) in [4.78, 5) is 15.7. The van der Waals surface area contributed by atoms with E-state index in [0.29, 0.717) is 16.3 Å². The number of nitrogens with one attached hydrogen (secondary N) is 1. The maximum atomic E-state index is 11.9. The SMILES string of the molecule is N#Cc1ccc(C(=O)Nc2ccccc2Cl)cn1. The zero-order valence-electron chi connectivity index (χ0n) is 9.22. The van der Waals surface area contributed by atoms with Crippen LogP contribution >= 0.6 is 11.6 Å². The number of hydrogen-bond donors (Lipinski definition) is 1. The van der Waals surface area contributed by atoms with Gasteiger partial charge in [0, 0.05) is 6.20 Å². The molecule has 88 valence electrons. The lowest BCUT2D eigenvalue weighted by molar-refractivity contribution is 0.102. The first-order valence-corrected chi connectivity index (χ1v) is 5.50. The Balaban J connectivity index is 2.17. The summed E-state index contributed by atoms with van der Waals surface area (Å²) in [5, 5.41) is 11.7. The van der Waals surface area contributed by atoms with Gasteiger partial charge >= 0.3 is 0 Å². The van der Waals surface area contributed by atoms with Gasteiger partial charge in [0.1, 0.15) is 11.8 Å². The van der Waals surface area contributed by atoms with Crippen LogP contribution < -0.4 is 5.32 Å². The Morgan fingerprint density at radius 1 is 1.28 bits per heavy atom. The van der Waals surface area contributed by atoms with Gasteiger partial charge in [-0.25, -0.2) is 4.98 Å². The van der Waals surface area contributed by atoms with E-state index < -0.39 is 0 Å². The monoisotopic (exact) mass is 257 g/mol. The fourth-order valence-corrected chi connectivity index (χ4v) is 1.53. The number of benzene rings is 1. The van der Waals surface area contributed by atoms with E-state index >= 15 is 0 Å². The number of nitriles is 1. The summed E-state index contributed by atoms with van der Waals surface area (Å²) in [6.45, 7) is 0. The first kappa shape index (κ1) is 12.1. The molecule has 0 fully saturated rings. The third-order valence-corrected chi connectivity index (χ3v) is 2.59. The van der Waals surface area contributed by atoms with Crippen LogP contribution in [0.4, 0.5) is 5.69 Å². The maximum Gasteiger partial charge on any atom is 0.257 e. The van der Waals surface area contributed by atoms with Crippen molar-refractivity contribution < 1.29 is 4.79 Å². The lowest BCUT2D eigenvalue weighted by Crippen LogP contribution is -2.12. The molecule has 5 heteroatoms. The van der Waals surface area contributed by atoms with Crippen LogP contribution in [0.2, 0.25) is 5.02 Å². The number of halogens is 1. The summed E-state index contributed by atoms with van der Waals surface area (Å²) in [6, 6.07) is 11.9. The molecule has 0 aliphatic carbocycles. The number of rotatable bonds is 2. The summed E-state index contributed by atoms with van der Waals surface area (Å²) < 4.78 is 0. The van der Waals surface area contributed by atoms with Gasteiger partial charge in [0.25, 0.3) is 5.91 Å². The van der Waals surface area contributed by atoms with Gasteiger partial charge in [-0.2, -0.15) is 5.26 Å². The Bertz CT molecular complexity index is 617. The van der Waals surface area contributed by atoms with Crippen molar-refractivity contribution >= 4 is 23.2 Å². The molecule has 0 unspecified atom stereocenters. The smallest absolute Gasteiger partial charge is 0.257 e. The molecule has 0 bridgehead atoms. The second-order valence-corrected chi connectivity index (χ2v) is 3.89. The molecule has 0 atom stereocenters. The van der Waals surface area contributed by atoms with Gasteiger partial charge in [-0.3, -0.25) is 4.79 Å². The molecule has 0 saturated carbocycles. The molecule has 2 aromatic rings.